The fourth-order valence-electron chi connectivity index (χ4n) is 2.77. The number of amides is 2. The smallest absolute Gasteiger partial charge is 0.317 e. The highest BCUT2D eigenvalue weighted by atomic mass is 16.4. The molecule has 5 heteroatoms. The predicted octanol–water partition coefficient (Wildman–Crippen LogP) is 2.08. The summed E-state index contributed by atoms with van der Waals surface area (Å²) in [6.07, 6.45) is 9.35. The molecule has 1 saturated heterocycles. The molecular formula is C15H24N2O3. The lowest BCUT2D eigenvalue weighted by molar-refractivity contribution is -0.152. The minimum atomic E-state index is -0.788. The Hall–Kier alpha value is -1.70. The molecule has 0 aromatic carbocycles. The van der Waals surface area contributed by atoms with E-state index >= 15 is 0 Å². The quantitative estimate of drug-likeness (QED) is 0.578. The van der Waals surface area contributed by atoms with Gasteiger partial charge in [-0.05, 0) is 25.7 Å². The average molecular weight is 280 g/mol. The topological polar surface area (TPSA) is 69.6 Å². The molecule has 2 amide bonds. The number of carboxylic acid groups (broad SMARTS) is 1. The maximum Gasteiger partial charge on any atom is 0.317 e. The van der Waals surface area contributed by atoms with E-state index in [4.69, 9.17) is 6.42 Å². The van der Waals surface area contributed by atoms with Crippen LogP contribution in [0, 0.1) is 17.8 Å². The van der Waals surface area contributed by atoms with Gasteiger partial charge in [0, 0.05) is 26.1 Å². The summed E-state index contributed by atoms with van der Waals surface area (Å²) in [5.41, 5.74) is -0.775. The Morgan fingerprint density at radius 2 is 2.25 bits per heavy atom. The Labute approximate surface area is 120 Å². The number of nitrogens with zero attached hydrogens (tertiary/aromatic N) is 1. The number of likely N-dealkylation sites (tertiary alicyclic amines) is 1. The lowest BCUT2D eigenvalue weighted by Crippen LogP contribution is -2.52. The van der Waals surface area contributed by atoms with Gasteiger partial charge in [0.15, 0.2) is 0 Å². The van der Waals surface area contributed by atoms with Crippen molar-refractivity contribution in [1.82, 2.24) is 10.2 Å². The number of carbonyl (C=O) groups is 2. The fraction of sp³-hybridized carbons (Fsp3) is 0.733. The van der Waals surface area contributed by atoms with Gasteiger partial charge in [-0.25, -0.2) is 4.79 Å². The zero-order valence-corrected chi connectivity index (χ0v) is 12.2. The Bertz CT molecular complexity index is 385. The third kappa shape index (κ3) is 4.16. The van der Waals surface area contributed by atoms with Gasteiger partial charge >= 0.3 is 12.0 Å². The first-order valence-electron chi connectivity index (χ1n) is 7.25. The first-order valence-corrected chi connectivity index (χ1v) is 7.25. The number of hydrogen-bond donors (Lipinski definition) is 2. The monoisotopic (exact) mass is 280 g/mol. The van der Waals surface area contributed by atoms with Crippen LogP contribution in [0.4, 0.5) is 4.79 Å². The van der Waals surface area contributed by atoms with Gasteiger partial charge in [0.1, 0.15) is 0 Å². The first kappa shape index (κ1) is 16.4. The van der Waals surface area contributed by atoms with Crippen molar-refractivity contribution in [3.8, 4) is 12.3 Å². The van der Waals surface area contributed by atoms with Crippen LogP contribution in [-0.4, -0.2) is 41.6 Å². The minimum Gasteiger partial charge on any atom is -0.481 e. The van der Waals surface area contributed by atoms with Crippen molar-refractivity contribution in [2.75, 3.05) is 19.6 Å². The molecule has 1 rings (SSSR count). The number of piperidine rings is 1. The summed E-state index contributed by atoms with van der Waals surface area (Å²) in [4.78, 5) is 25.2. The fourth-order valence-corrected chi connectivity index (χ4v) is 2.77. The Balaban J connectivity index is 2.56. The molecule has 1 unspecified atom stereocenters. The van der Waals surface area contributed by atoms with Crippen LogP contribution in [0.25, 0.3) is 0 Å². The van der Waals surface area contributed by atoms with Gasteiger partial charge in [-0.2, -0.15) is 0 Å². The number of terminal acetylenes is 1. The normalized spacial score (nSPS) is 22.1. The summed E-state index contributed by atoms with van der Waals surface area (Å²) in [5, 5.41) is 12.3. The van der Waals surface area contributed by atoms with E-state index in [1.54, 1.807) is 4.90 Å². The van der Waals surface area contributed by atoms with Gasteiger partial charge in [-0.3, -0.25) is 4.79 Å². The van der Waals surface area contributed by atoms with Gasteiger partial charge in [0.25, 0.3) is 0 Å². The van der Waals surface area contributed by atoms with Crippen LogP contribution in [-0.2, 0) is 4.79 Å². The number of nitrogens with one attached hydrogen (secondary N) is 1. The van der Waals surface area contributed by atoms with Crippen LogP contribution in [0.3, 0.4) is 0 Å². The molecule has 0 bridgehead atoms. The van der Waals surface area contributed by atoms with Crippen molar-refractivity contribution in [2.24, 2.45) is 5.41 Å². The highest BCUT2D eigenvalue weighted by Gasteiger charge is 2.42. The Morgan fingerprint density at radius 1 is 1.50 bits per heavy atom. The summed E-state index contributed by atoms with van der Waals surface area (Å²) in [7, 11) is 0. The van der Waals surface area contributed by atoms with Gasteiger partial charge in [-0.15, -0.1) is 12.3 Å². The number of aliphatic carboxylic acids is 1. The maximum absolute atomic E-state index is 12.0. The summed E-state index contributed by atoms with van der Waals surface area (Å²) in [6.45, 7) is 3.44. The second kappa shape index (κ2) is 7.78. The number of carbonyl (C=O) groups excluding carboxylic acids is 1. The van der Waals surface area contributed by atoms with Crippen LogP contribution in [0.15, 0.2) is 0 Å². The molecule has 0 aromatic heterocycles. The number of unbranched alkanes of at least 4 members (excludes halogenated alkanes) is 1. The maximum atomic E-state index is 12.0. The van der Waals surface area contributed by atoms with E-state index < -0.39 is 11.4 Å². The predicted molar refractivity (Wildman–Crippen MR) is 77.2 cm³/mol. The standard InChI is InChI=1S/C15H24N2O3/c1-3-5-6-10-16-14(20)17-11-7-9-15(12-17,8-4-2)13(18)19/h1H,4-12H2,2H3,(H,16,20)(H,18,19). The zero-order chi connectivity index (χ0) is 15.0. The molecule has 20 heavy (non-hydrogen) atoms. The SMILES string of the molecule is C#CCCCNC(=O)N1CCCC(CCC)(C(=O)O)C1. The van der Waals surface area contributed by atoms with Crippen LogP contribution in [0.1, 0.15) is 45.4 Å². The summed E-state index contributed by atoms with van der Waals surface area (Å²) < 4.78 is 0. The average Bonchev–Trinajstić information content (AvgIpc) is 2.44. The number of hydrogen-bond acceptors (Lipinski definition) is 2. The molecule has 2 N–H and O–H groups in total. The molecule has 1 aliphatic rings. The largest absolute Gasteiger partial charge is 0.481 e. The number of urea groups is 1. The molecule has 1 aliphatic heterocycles. The van der Waals surface area contributed by atoms with Crippen molar-refractivity contribution in [1.29, 1.82) is 0 Å². The van der Waals surface area contributed by atoms with E-state index in [0.29, 0.717) is 38.9 Å². The van der Waals surface area contributed by atoms with Crippen molar-refractivity contribution in [3.05, 3.63) is 0 Å². The van der Waals surface area contributed by atoms with E-state index in [1.807, 2.05) is 6.92 Å². The molecule has 112 valence electrons. The molecule has 1 atom stereocenters. The number of carboxylic acids is 1. The van der Waals surface area contributed by atoms with Crippen molar-refractivity contribution < 1.29 is 14.7 Å². The third-order valence-electron chi connectivity index (χ3n) is 3.82. The van der Waals surface area contributed by atoms with Gasteiger partial charge in [0.05, 0.1) is 5.41 Å². The number of rotatable bonds is 6. The van der Waals surface area contributed by atoms with Gasteiger partial charge < -0.3 is 15.3 Å². The molecular weight excluding hydrogens is 256 g/mol. The van der Waals surface area contributed by atoms with Crippen LogP contribution < -0.4 is 5.32 Å². The van der Waals surface area contributed by atoms with E-state index in [9.17, 15) is 14.7 Å². The minimum absolute atomic E-state index is 0.177. The molecule has 1 heterocycles. The lowest BCUT2D eigenvalue weighted by atomic mass is 9.76. The second-order valence-corrected chi connectivity index (χ2v) is 5.40. The molecule has 1 fully saturated rings. The second-order valence-electron chi connectivity index (χ2n) is 5.40. The van der Waals surface area contributed by atoms with E-state index in [0.717, 1.165) is 19.3 Å². The van der Waals surface area contributed by atoms with Crippen LogP contribution in [0.5, 0.6) is 0 Å². The molecule has 0 radical (unpaired) electrons. The first-order chi connectivity index (χ1) is 9.55. The van der Waals surface area contributed by atoms with Crippen LogP contribution >= 0.6 is 0 Å². The molecule has 0 spiro atoms. The molecule has 0 saturated carbocycles. The molecule has 0 aromatic rings. The highest BCUT2D eigenvalue weighted by Crippen LogP contribution is 2.35. The van der Waals surface area contributed by atoms with Crippen LogP contribution in [0.2, 0.25) is 0 Å². The van der Waals surface area contributed by atoms with Gasteiger partial charge in [0.2, 0.25) is 0 Å². The zero-order valence-electron chi connectivity index (χ0n) is 12.2. The van der Waals surface area contributed by atoms with E-state index in [2.05, 4.69) is 11.2 Å². The van der Waals surface area contributed by atoms with E-state index in [-0.39, 0.29) is 6.03 Å². The summed E-state index contributed by atoms with van der Waals surface area (Å²) in [5.74, 6) is 1.74. The lowest BCUT2D eigenvalue weighted by Gasteiger charge is -2.39. The van der Waals surface area contributed by atoms with Crippen molar-refractivity contribution in [2.45, 2.75) is 45.4 Å². The molecule has 5 nitrogen and oxygen atoms in total. The van der Waals surface area contributed by atoms with Crippen molar-refractivity contribution in [3.63, 3.8) is 0 Å². The highest BCUT2D eigenvalue weighted by molar-refractivity contribution is 5.78. The Morgan fingerprint density at radius 3 is 2.85 bits per heavy atom. The van der Waals surface area contributed by atoms with Gasteiger partial charge in [-0.1, -0.05) is 13.3 Å². The van der Waals surface area contributed by atoms with E-state index in [1.165, 1.54) is 0 Å². The Kier molecular flexibility index (Phi) is 6.37. The summed E-state index contributed by atoms with van der Waals surface area (Å²) >= 11 is 0. The third-order valence-corrected chi connectivity index (χ3v) is 3.82. The summed E-state index contributed by atoms with van der Waals surface area (Å²) in [6, 6.07) is -0.177. The van der Waals surface area contributed by atoms with Crippen molar-refractivity contribution >= 4 is 12.0 Å². The molecule has 0 aliphatic carbocycles.